The van der Waals surface area contributed by atoms with Crippen LogP contribution in [0, 0.1) is 0 Å². The molecule has 1 N–H and O–H groups in total. The van der Waals surface area contributed by atoms with Crippen LogP contribution >= 0.6 is 11.3 Å². The van der Waals surface area contributed by atoms with Crippen molar-refractivity contribution in [2.45, 2.75) is 23.9 Å². The van der Waals surface area contributed by atoms with Gasteiger partial charge in [-0.15, -0.1) is 11.3 Å². The first-order chi connectivity index (χ1) is 11.6. The van der Waals surface area contributed by atoms with Crippen LogP contribution in [0.15, 0.2) is 52.7 Å². The third-order valence-corrected chi connectivity index (χ3v) is 6.66. The maximum absolute atomic E-state index is 12.6. The highest BCUT2D eigenvalue weighted by Crippen LogP contribution is 2.29. The molecule has 0 bridgehead atoms. The third-order valence-electron chi connectivity index (χ3n) is 4.14. The van der Waals surface area contributed by atoms with Gasteiger partial charge in [0.2, 0.25) is 10.0 Å². The van der Waals surface area contributed by atoms with Crippen LogP contribution in [0.4, 0.5) is 0 Å². The van der Waals surface area contributed by atoms with E-state index in [2.05, 4.69) is 15.7 Å². The van der Waals surface area contributed by atoms with Crippen molar-refractivity contribution >= 4 is 21.4 Å². The summed E-state index contributed by atoms with van der Waals surface area (Å²) in [6.07, 6.45) is 0. The first-order valence-corrected chi connectivity index (χ1v) is 10.4. The summed E-state index contributed by atoms with van der Waals surface area (Å²) in [7, 11) is -3.54. The first kappa shape index (κ1) is 17.6. The van der Waals surface area contributed by atoms with Gasteiger partial charge >= 0.3 is 0 Å². The van der Waals surface area contributed by atoms with Crippen molar-refractivity contribution in [3.63, 3.8) is 0 Å². The van der Waals surface area contributed by atoms with Crippen LogP contribution in [0.5, 0.6) is 0 Å². The molecule has 0 radical (unpaired) electrons. The number of benzene rings is 1. The van der Waals surface area contributed by atoms with Crippen molar-refractivity contribution in [2.24, 2.45) is 0 Å². The van der Waals surface area contributed by atoms with E-state index in [1.54, 1.807) is 35.6 Å². The molecule has 0 aliphatic carbocycles. The molecule has 1 fully saturated rings. The van der Waals surface area contributed by atoms with Gasteiger partial charge < -0.3 is 4.74 Å². The molecule has 0 spiro atoms. The molecule has 2 atom stereocenters. The Morgan fingerprint density at radius 2 is 1.83 bits per heavy atom. The van der Waals surface area contributed by atoms with Crippen LogP contribution in [0.2, 0.25) is 0 Å². The molecule has 0 unspecified atom stereocenters. The van der Waals surface area contributed by atoms with Crippen LogP contribution in [-0.2, 0) is 14.8 Å². The Kier molecular flexibility index (Phi) is 5.68. The zero-order valence-corrected chi connectivity index (χ0v) is 15.2. The van der Waals surface area contributed by atoms with Crippen molar-refractivity contribution in [1.82, 2.24) is 9.62 Å². The highest BCUT2D eigenvalue weighted by molar-refractivity contribution is 7.89. The summed E-state index contributed by atoms with van der Waals surface area (Å²) in [5, 5.41) is 2.03. The number of sulfonamides is 1. The minimum atomic E-state index is -3.54. The zero-order chi connectivity index (χ0) is 17.0. The molecule has 0 amide bonds. The van der Waals surface area contributed by atoms with E-state index in [1.807, 2.05) is 24.4 Å². The number of thiophene rings is 1. The van der Waals surface area contributed by atoms with Crippen LogP contribution < -0.4 is 4.72 Å². The molecule has 1 aliphatic heterocycles. The quantitative estimate of drug-likeness (QED) is 0.853. The Labute approximate surface area is 147 Å². The zero-order valence-electron chi connectivity index (χ0n) is 13.6. The minimum Gasteiger partial charge on any atom is -0.379 e. The lowest BCUT2D eigenvalue weighted by atomic mass is 10.1. The van der Waals surface area contributed by atoms with Gasteiger partial charge in [0, 0.05) is 24.0 Å². The predicted molar refractivity (Wildman–Crippen MR) is 95.7 cm³/mol. The molecule has 1 aliphatic rings. The number of ether oxygens (including phenoxy) is 1. The molecular formula is C17H22N2O3S2. The largest absolute Gasteiger partial charge is 0.379 e. The Morgan fingerprint density at radius 3 is 2.46 bits per heavy atom. The van der Waals surface area contributed by atoms with Gasteiger partial charge in [-0.05, 0) is 30.5 Å². The van der Waals surface area contributed by atoms with E-state index in [1.165, 1.54) is 4.88 Å². The van der Waals surface area contributed by atoms with Gasteiger partial charge in [-0.1, -0.05) is 24.3 Å². The molecule has 2 heterocycles. The molecule has 5 nitrogen and oxygen atoms in total. The Bertz CT molecular complexity index is 726. The monoisotopic (exact) mass is 366 g/mol. The number of nitrogens with one attached hydrogen (secondary N) is 1. The average Bonchev–Trinajstić information content (AvgIpc) is 3.10. The summed E-state index contributed by atoms with van der Waals surface area (Å²) in [5.41, 5.74) is 0. The fourth-order valence-corrected chi connectivity index (χ4v) is 5.27. The predicted octanol–water partition coefficient (Wildman–Crippen LogP) is 2.49. The summed E-state index contributed by atoms with van der Waals surface area (Å²) in [6.45, 7) is 4.90. The number of hydrogen-bond acceptors (Lipinski definition) is 5. The highest BCUT2D eigenvalue weighted by atomic mass is 32.2. The van der Waals surface area contributed by atoms with Gasteiger partial charge in [-0.2, -0.15) is 0 Å². The molecule has 3 rings (SSSR count). The van der Waals surface area contributed by atoms with Crippen LogP contribution in [-0.4, -0.2) is 45.7 Å². The molecule has 1 saturated heterocycles. The maximum atomic E-state index is 12.6. The second kappa shape index (κ2) is 7.76. The Balaban J connectivity index is 1.82. The molecule has 0 saturated carbocycles. The van der Waals surface area contributed by atoms with Gasteiger partial charge in [0.05, 0.1) is 24.2 Å². The van der Waals surface area contributed by atoms with Crippen molar-refractivity contribution in [2.75, 3.05) is 26.3 Å². The SMILES string of the molecule is C[C@H](NS(=O)(=O)c1ccccc1)[C@@H](c1cccs1)N1CCOCC1. The molecular weight excluding hydrogens is 344 g/mol. The summed E-state index contributed by atoms with van der Waals surface area (Å²) in [4.78, 5) is 3.76. The summed E-state index contributed by atoms with van der Waals surface area (Å²) in [5.74, 6) is 0. The number of rotatable bonds is 6. The van der Waals surface area contributed by atoms with Crippen LogP contribution in [0.1, 0.15) is 17.8 Å². The Morgan fingerprint density at radius 1 is 1.12 bits per heavy atom. The van der Waals surface area contributed by atoms with Crippen molar-refractivity contribution in [1.29, 1.82) is 0 Å². The normalized spacial score (nSPS) is 19.0. The summed E-state index contributed by atoms with van der Waals surface area (Å²) in [6, 6.07) is 12.3. The third kappa shape index (κ3) is 4.04. The molecule has 2 aromatic rings. The van der Waals surface area contributed by atoms with Crippen LogP contribution in [0.3, 0.4) is 0 Å². The lowest BCUT2D eigenvalue weighted by molar-refractivity contribution is 0.0113. The molecule has 1 aromatic carbocycles. The molecule has 130 valence electrons. The molecule has 1 aromatic heterocycles. The highest BCUT2D eigenvalue weighted by Gasteiger charge is 2.31. The fraction of sp³-hybridized carbons (Fsp3) is 0.412. The minimum absolute atomic E-state index is 0.00684. The van der Waals surface area contributed by atoms with E-state index in [0.29, 0.717) is 18.1 Å². The molecule has 7 heteroatoms. The van der Waals surface area contributed by atoms with E-state index in [-0.39, 0.29) is 12.1 Å². The van der Waals surface area contributed by atoms with Crippen molar-refractivity contribution in [3.05, 3.63) is 52.7 Å². The first-order valence-electron chi connectivity index (χ1n) is 8.00. The van der Waals surface area contributed by atoms with Gasteiger partial charge in [0.25, 0.3) is 0 Å². The number of hydrogen-bond donors (Lipinski definition) is 1. The van der Waals surface area contributed by atoms with E-state index in [4.69, 9.17) is 4.74 Å². The van der Waals surface area contributed by atoms with E-state index in [0.717, 1.165) is 13.1 Å². The second-order valence-corrected chi connectivity index (χ2v) is 8.52. The second-order valence-electron chi connectivity index (χ2n) is 5.83. The van der Waals surface area contributed by atoms with Crippen molar-refractivity contribution in [3.8, 4) is 0 Å². The van der Waals surface area contributed by atoms with Gasteiger partial charge in [-0.3, -0.25) is 4.90 Å². The molecule has 24 heavy (non-hydrogen) atoms. The summed E-state index contributed by atoms with van der Waals surface area (Å²) < 4.78 is 33.6. The average molecular weight is 367 g/mol. The smallest absolute Gasteiger partial charge is 0.240 e. The number of nitrogens with zero attached hydrogens (tertiary/aromatic N) is 1. The standard InChI is InChI=1S/C17H22N2O3S2/c1-14(18-24(20,21)15-6-3-2-4-7-15)17(16-8-5-13-23-16)19-9-11-22-12-10-19/h2-8,13-14,17-18H,9-12H2,1H3/t14-,17-/m0/s1. The van der Waals surface area contributed by atoms with Crippen molar-refractivity contribution < 1.29 is 13.2 Å². The Hall–Kier alpha value is -1.25. The summed E-state index contributed by atoms with van der Waals surface area (Å²) >= 11 is 1.66. The lowest BCUT2D eigenvalue weighted by Crippen LogP contribution is -2.48. The lowest BCUT2D eigenvalue weighted by Gasteiger charge is -2.37. The van der Waals surface area contributed by atoms with E-state index < -0.39 is 10.0 Å². The number of morpholine rings is 1. The maximum Gasteiger partial charge on any atom is 0.240 e. The van der Waals surface area contributed by atoms with E-state index >= 15 is 0 Å². The van der Waals surface area contributed by atoms with Gasteiger partial charge in [0.1, 0.15) is 0 Å². The van der Waals surface area contributed by atoms with Gasteiger partial charge in [0.15, 0.2) is 0 Å². The van der Waals surface area contributed by atoms with E-state index in [9.17, 15) is 8.42 Å². The van der Waals surface area contributed by atoms with Gasteiger partial charge in [-0.25, -0.2) is 13.1 Å². The fourth-order valence-electron chi connectivity index (χ4n) is 3.03. The van der Waals surface area contributed by atoms with Crippen LogP contribution in [0.25, 0.3) is 0 Å². The topological polar surface area (TPSA) is 58.6 Å².